The van der Waals surface area contributed by atoms with Crippen molar-refractivity contribution in [1.82, 2.24) is 25.4 Å². The lowest BCUT2D eigenvalue weighted by atomic mass is 9.86. The van der Waals surface area contributed by atoms with Crippen molar-refractivity contribution in [2.75, 3.05) is 30.8 Å². The number of nitrogens with zero attached hydrogens (tertiary/aromatic N) is 3. The predicted molar refractivity (Wildman–Crippen MR) is 220 cm³/mol. The van der Waals surface area contributed by atoms with E-state index in [-0.39, 0.29) is 58.0 Å². The van der Waals surface area contributed by atoms with Crippen LogP contribution in [0.5, 0.6) is 5.75 Å². The van der Waals surface area contributed by atoms with E-state index < -0.39 is 17.6 Å². The molecule has 7 rings (SSSR count). The molecule has 2 atom stereocenters. The summed E-state index contributed by atoms with van der Waals surface area (Å²) in [5.41, 5.74) is 5.42. The zero-order valence-electron chi connectivity index (χ0n) is 32.9. The van der Waals surface area contributed by atoms with Crippen LogP contribution in [0.2, 0.25) is 0 Å². The van der Waals surface area contributed by atoms with Gasteiger partial charge in [-0.3, -0.25) is 29.5 Å². The number of benzene rings is 3. The van der Waals surface area contributed by atoms with E-state index in [2.05, 4.69) is 54.3 Å². The lowest BCUT2D eigenvalue weighted by molar-refractivity contribution is -0.138. The van der Waals surface area contributed by atoms with Gasteiger partial charge in [0.2, 0.25) is 11.8 Å². The zero-order chi connectivity index (χ0) is 41.3. The Morgan fingerprint density at radius 2 is 1.74 bits per heavy atom. The molecule has 3 aliphatic rings. The van der Waals surface area contributed by atoms with Gasteiger partial charge in [-0.1, -0.05) is 30.3 Å². The number of carbonyl (C=O) groups excluding carboxylic acids is 3. The van der Waals surface area contributed by atoms with Crippen molar-refractivity contribution in [3.05, 3.63) is 106 Å². The van der Waals surface area contributed by atoms with Crippen molar-refractivity contribution >= 4 is 53.2 Å². The van der Waals surface area contributed by atoms with E-state index >= 15 is 0 Å². The van der Waals surface area contributed by atoms with Gasteiger partial charge in [-0.2, -0.15) is 25.8 Å². The zero-order valence-corrected chi connectivity index (χ0v) is 33.8. The summed E-state index contributed by atoms with van der Waals surface area (Å²) in [5.74, 6) is 0.112. The first-order chi connectivity index (χ1) is 27.7. The molecule has 1 aromatic heterocycles. The first-order valence-corrected chi connectivity index (χ1v) is 20.0. The highest BCUT2D eigenvalue weighted by atomic mass is 32.1. The largest absolute Gasteiger partial charge is 0.489 e. The molecule has 2 fully saturated rings. The lowest BCUT2D eigenvalue weighted by Gasteiger charge is -2.33. The average Bonchev–Trinajstić information content (AvgIpc) is 3.50. The summed E-state index contributed by atoms with van der Waals surface area (Å²) >= 11 is 4.84. The van der Waals surface area contributed by atoms with E-state index in [4.69, 9.17) is 17.4 Å². The fourth-order valence-corrected chi connectivity index (χ4v) is 8.70. The minimum absolute atomic E-state index is 0.168. The van der Waals surface area contributed by atoms with Crippen molar-refractivity contribution in [2.24, 2.45) is 0 Å². The Hall–Kier alpha value is -5.12. The first kappa shape index (κ1) is 41.1. The number of nitrogens with one attached hydrogen (secondary N) is 4. The molecule has 0 radical (unpaired) electrons. The average molecular weight is 816 g/mol. The summed E-state index contributed by atoms with van der Waals surface area (Å²) in [5, 5.41) is 10.8. The maximum atomic E-state index is 14.2. The summed E-state index contributed by atoms with van der Waals surface area (Å²) in [7, 11) is 1.46. The molecule has 4 heterocycles. The van der Waals surface area contributed by atoms with Crippen LogP contribution in [0.3, 0.4) is 0 Å². The third kappa shape index (κ3) is 8.96. The number of alkyl halides is 3. The molecular weight excluding hydrogens is 768 g/mol. The molecule has 2 saturated heterocycles. The molecule has 4 aromatic rings. The van der Waals surface area contributed by atoms with Gasteiger partial charge >= 0.3 is 6.18 Å². The minimum atomic E-state index is -4.70. The molecule has 4 N–H and O–H groups in total. The second-order valence-corrected chi connectivity index (χ2v) is 15.9. The van der Waals surface area contributed by atoms with Gasteiger partial charge in [0.1, 0.15) is 11.6 Å². The number of piperidine rings is 2. The van der Waals surface area contributed by atoms with E-state index in [1.807, 2.05) is 32.9 Å². The third-order valence-corrected chi connectivity index (χ3v) is 11.6. The number of fused-ring (bicyclic) bond motifs is 1. The summed E-state index contributed by atoms with van der Waals surface area (Å²) in [6, 6.07) is 17.7. The summed E-state index contributed by atoms with van der Waals surface area (Å²) in [6.07, 6.45) is -1.39. The molecule has 306 valence electrons. The Kier molecular flexibility index (Phi) is 12.0. The van der Waals surface area contributed by atoms with Gasteiger partial charge < -0.3 is 20.7 Å². The van der Waals surface area contributed by atoms with Crippen LogP contribution in [0.4, 0.5) is 36.1 Å². The number of halogens is 3. The highest BCUT2D eigenvalue weighted by molar-refractivity contribution is 7.80. The van der Waals surface area contributed by atoms with Gasteiger partial charge in [0.15, 0.2) is 0 Å². The Morgan fingerprint density at radius 1 is 0.983 bits per heavy atom. The number of para-hydroxylation sites is 1. The fraction of sp³-hybridized carbons (Fsp3) is 0.395. The number of ether oxygens (including phenoxy) is 1. The van der Waals surface area contributed by atoms with Crippen LogP contribution in [-0.4, -0.2) is 64.8 Å². The number of aryl methyl sites for hydroxylation is 1. The number of imide groups is 1. The highest BCUT2D eigenvalue weighted by Gasteiger charge is 2.39. The number of rotatable bonds is 11. The summed E-state index contributed by atoms with van der Waals surface area (Å²) in [4.78, 5) is 45.4. The smallest absolute Gasteiger partial charge is 0.419 e. The summed E-state index contributed by atoms with van der Waals surface area (Å²) < 4.78 is 48.8. The second-order valence-electron chi connectivity index (χ2n) is 15.5. The van der Waals surface area contributed by atoms with Gasteiger partial charge in [0.25, 0.3) is 5.91 Å². The summed E-state index contributed by atoms with van der Waals surface area (Å²) in [6.45, 7) is 9.08. The topological polar surface area (TPSA) is 128 Å². The molecule has 3 aromatic carbocycles. The van der Waals surface area contributed by atoms with E-state index in [0.29, 0.717) is 30.8 Å². The molecule has 3 aliphatic heterocycles. The second kappa shape index (κ2) is 17.0. The van der Waals surface area contributed by atoms with E-state index in [0.717, 1.165) is 55.4 Å². The molecule has 2 unspecified atom stereocenters. The molecule has 15 heteroatoms. The standard InChI is InChI=1S/C43H48F3N7O4S/c1-24(2)57-37-19-31(25(3)17-35(37)50-38-20-34(32(21-48-38)43(44,45)46)49-33-8-6-5-7-30(33)40(55)47-4)27-13-15-52(16-14-27)22-26-9-10-29-28(18-26)23-53(42(29)58)36-11-12-39(54)51-41(36)56/h5-10,17-21,24,27,36,42,58H,11-16,22-23H2,1-4H3,(H,47,55)(H2,48,49,50)(H,51,54,56). The SMILES string of the molecule is CNC(=O)c1ccccc1Nc1cc(Nc2cc(C)c(C3CCN(Cc4ccc5c(c4)CN(C4CCC(=O)NC4=O)C5S)CC3)cc2OC(C)C)ncc1C(F)(F)F. The Morgan fingerprint density at radius 3 is 2.45 bits per heavy atom. The normalized spacial score (nSPS) is 19.2. The number of thiol groups is 1. The number of hydrogen-bond donors (Lipinski definition) is 5. The van der Waals surface area contributed by atoms with Crippen LogP contribution in [0.25, 0.3) is 0 Å². The van der Waals surface area contributed by atoms with Gasteiger partial charge in [0.05, 0.1) is 45.7 Å². The van der Waals surface area contributed by atoms with Crippen molar-refractivity contribution in [3.63, 3.8) is 0 Å². The minimum Gasteiger partial charge on any atom is -0.489 e. The maximum absolute atomic E-state index is 14.2. The van der Waals surface area contributed by atoms with Crippen molar-refractivity contribution in [1.29, 1.82) is 0 Å². The monoisotopic (exact) mass is 815 g/mol. The number of anilines is 4. The van der Waals surface area contributed by atoms with Crippen molar-refractivity contribution < 1.29 is 32.3 Å². The fourth-order valence-electron chi connectivity index (χ4n) is 8.20. The van der Waals surface area contributed by atoms with E-state index in [9.17, 15) is 27.6 Å². The maximum Gasteiger partial charge on any atom is 0.419 e. The number of amides is 3. The molecule has 11 nitrogen and oxygen atoms in total. The molecule has 0 spiro atoms. The van der Waals surface area contributed by atoms with Crippen LogP contribution >= 0.6 is 12.6 Å². The van der Waals surface area contributed by atoms with E-state index in [1.54, 1.807) is 18.2 Å². The van der Waals surface area contributed by atoms with Crippen molar-refractivity contribution in [3.8, 4) is 5.75 Å². The third-order valence-electron chi connectivity index (χ3n) is 11.1. The molecular formula is C43H48F3N7O4S. The Labute approximate surface area is 341 Å². The Balaban J connectivity index is 1.04. The van der Waals surface area contributed by atoms with Crippen LogP contribution in [0, 0.1) is 6.92 Å². The van der Waals surface area contributed by atoms with Crippen LogP contribution in [0.1, 0.15) is 94.6 Å². The van der Waals surface area contributed by atoms with Gasteiger partial charge in [-0.15, -0.1) is 0 Å². The lowest BCUT2D eigenvalue weighted by Crippen LogP contribution is -2.51. The van der Waals surface area contributed by atoms with Crippen LogP contribution in [0.15, 0.2) is 66.9 Å². The number of likely N-dealkylation sites (tertiary alicyclic amines) is 1. The van der Waals surface area contributed by atoms with Gasteiger partial charge in [-0.05, 0) is 111 Å². The number of pyridine rings is 1. The first-order valence-electron chi connectivity index (χ1n) is 19.5. The number of aromatic nitrogens is 1. The quantitative estimate of drug-likeness (QED) is 0.0757. The number of carbonyl (C=O) groups is 3. The molecule has 0 saturated carbocycles. The van der Waals surface area contributed by atoms with Crippen LogP contribution in [-0.2, 0) is 28.9 Å². The molecule has 0 aliphatic carbocycles. The van der Waals surface area contributed by atoms with Gasteiger partial charge in [0, 0.05) is 38.8 Å². The molecule has 0 bridgehead atoms. The highest BCUT2D eigenvalue weighted by Crippen LogP contribution is 2.42. The molecule has 58 heavy (non-hydrogen) atoms. The van der Waals surface area contributed by atoms with Crippen LogP contribution < -0.4 is 26.0 Å². The van der Waals surface area contributed by atoms with E-state index in [1.165, 1.54) is 30.3 Å². The Bertz CT molecular complexity index is 2210. The van der Waals surface area contributed by atoms with Crippen molar-refractivity contribution in [2.45, 2.75) is 89.2 Å². The van der Waals surface area contributed by atoms with Gasteiger partial charge in [-0.25, -0.2) is 4.98 Å². The number of hydrogen-bond acceptors (Lipinski definition) is 10. The molecule has 3 amide bonds. The predicted octanol–water partition coefficient (Wildman–Crippen LogP) is 7.97.